The topological polar surface area (TPSA) is 132 Å². The summed E-state index contributed by atoms with van der Waals surface area (Å²) in [4.78, 5) is 61.1. The molecule has 0 atom stereocenters. The third kappa shape index (κ3) is 15.7. The second-order valence-electron chi connectivity index (χ2n) is 13.5. The molecule has 5 rings (SSSR count). The molecule has 0 heterocycles. The van der Waals surface area contributed by atoms with Gasteiger partial charge in [-0.05, 0) is 93.3 Å². The number of ether oxygens (including phenoxy) is 5. The molecule has 0 saturated carbocycles. The lowest BCUT2D eigenvalue weighted by molar-refractivity contribution is -0.133. The number of carbonyl (C=O) groups excluding carboxylic acids is 5. The van der Waals surface area contributed by atoms with E-state index in [1.165, 1.54) is 54.8 Å². The summed E-state index contributed by atoms with van der Waals surface area (Å²) < 4.78 is 26.0. The summed E-state index contributed by atoms with van der Waals surface area (Å²) in [5.41, 5.74) is 5.55. The molecule has 0 N–H and O–H groups in total. The van der Waals surface area contributed by atoms with E-state index in [1.54, 1.807) is 36.4 Å². The minimum atomic E-state index is -0.762. The van der Waals surface area contributed by atoms with Crippen molar-refractivity contribution in [3.05, 3.63) is 197 Å². The van der Waals surface area contributed by atoms with Crippen LogP contribution >= 0.6 is 0 Å². The summed E-state index contributed by atoms with van der Waals surface area (Å²) in [6.45, 7) is 20.2. The molecule has 0 spiro atoms. The summed E-state index contributed by atoms with van der Waals surface area (Å²) in [6, 6.07) is 32.1. The summed E-state index contributed by atoms with van der Waals surface area (Å²) in [6.07, 6.45) is 6.65. The van der Waals surface area contributed by atoms with E-state index >= 15 is 0 Å². The number of carbonyl (C=O) groups is 5. The van der Waals surface area contributed by atoms with Gasteiger partial charge in [-0.2, -0.15) is 0 Å². The molecule has 61 heavy (non-hydrogen) atoms. The van der Waals surface area contributed by atoms with Gasteiger partial charge in [0.2, 0.25) is 0 Å². The maximum atomic E-state index is 12.7. The van der Waals surface area contributed by atoms with E-state index in [0.717, 1.165) is 22.3 Å². The third-order valence-corrected chi connectivity index (χ3v) is 8.45. The third-order valence-electron chi connectivity index (χ3n) is 8.45. The van der Waals surface area contributed by atoms with Crippen LogP contribution in [0.4, 0.5) is 0 Å². The molecular formula is C51H52O10. The number of hydrogen-bond acceptors (Lipinski definition) is 10. The maximum absolute atomic E-state index is 12.7. The molecule has 0 aliphatic heterocycles. The monoisotopic (exact) mass is 824 g/mol. The molecule has 0 amide bonds. The van der Waals surface area contributed by atoms with Crippen LogP contribution in [-0.2, 0) is 20.7 Å². The fraction of sp³-hybridized carbons (Fsp3) is 0.196. The van der Waals surface area contributed by atoms with E-state index in [1.807, 2.05) is 52.0 Å². The van der Waals surface area contributed by atoms with Crippen molar-refractivity contribution in [2.45, 2.75) is 53.9 Å². The van der Waals surface area contributed by atoms with Gasteiger partial charge in [-0.25, -0.2) is 19.2 Å². The van der Waals surface area contributed by atoms with Gasteiger partial charge in [0.25, 0.3) is 0 Å². The SMILES string of the molecule is C=CCOC(=O)c1ccc(OC(=O)CC=C)cc1C(=O)OCC=C.CCCc1ccccc1.Cc1ccc(OC(=O)c2ccccc2C(=O)Oc2ccc(C)cc2C)c(C)c1. The van der Waals surface area contributed by atoms with E-state index in [2.05, 4.69) is 57.0 Å². The Labute approximate surface area is 358 Å². The van der Waals surface area contributed by atoms with Gasteiger partial charge in [0, 0.05) is 0 Å². The highest BCUT2D eigenvalue weighted by Gasteiger charge is 2.22. The zero-order valence-electron chi connectivity index (χ0n) is 35.4. The van der Waals surface area contributed by atoms with Crippen LogP contribution in [0.1, 0.15) is 89.0 Å². The number of esters is 5. The van der Waals surface area contributed by atoms with Crippen molar-refractivity contribution in [1.29, 1.82) is 0 Å². The van der Waals surface area contributed by atoms with Gasteiger partial charge in [0.1, 0.15) is 30.5 Å². The molecule has 10 heteroatoms. The fourth-order valence-electron chi connectivity index (χ4n) is 5.56. The van der Waals surface area contributed by atoms with Crippen molar-refractivity contribution in [2.75, 3.05) is 13.2 Å². The number of benzene rings is 5. The number of aryl methyl sites for hydroxylation is 5. The molecule has 0 bridgehead atoms. The smallest absolute Gasteiger partial charge is 0.344 e. The first-order chi connectivity index (χ1) is 29.3. The Morgan fingerprint density at radius 2 is 0.984 bits per heavy atom. The van der Waals surface area contributed by atoms with Crippen LogP contribution in [0.25, 0.3) is 0 Å². The van der Waals surface area contributed by atoms with Crippen LogP contribution in [0.2, 0.25) is 0 Å². The maximum Gasteiger partial charge on any atom is 0.344 e. The molecule has 0 radical (unpaired) electrons. The molecule has 0 saturated heterocycles. The van der Waals surface area contributed by atoms with Crippen LogP contribution in [0.15, 0.2) is 147 Å². The Balaban J connectivity index is 0.000000273. The van der Waals surface area contributed by atoms with Gasteiger partial charge < -0.3 is 23.7 Å². The molecule has 5 aromatic carbocycles. The second-order valence-corrected chi connectivity index (χ2v) is 13.5. The Hall–Kier alpha value is -7.33. The standard InChI is InChI=1S/C24H22O4.C18H18O6.C9H12/c1-15-9-11-21(17(3)13-15)27-23(25)19-7-5-6-8-20(19)24(26)28-22-12-10-16(2)14-18(22)4;1-4-7-16(19)24-13-8-9-14(17(20)22-10-5-2)15(12-13)18(21)23-11-6-3;1-2-6-9-7-4-3-5-8-9/h5-14H,1-4H3;4-6,8-9,12H,1-3,7,10-11H2;3-5,7-8H,2,6H2,1H3. The van der Waals surface area contributed by atoms with Gasteiger partial charge in [-0.1, -0.05) is 123 Å². The largest absolute Gasteiger partial charge is 0.458 e. The normalized spacial score (nSPS) is 9.92. The number of rotatable bonds is 15. The quantitative estimate of drug-likeness (QED) is 0.0571. The molecule has 0 fully saturated rings. The van der Waals surface area contributed by atoms with Crippen molar-refractivity contribution in [3.63, 3.8) is 0 Å². The van der Waals surface area contributed by atoms with Crippen LogP contribution in [0.5, 0.6) is 17.2 Å². The lowest BCUT2D eigenvalue weighted by Gasteiger charge is -2.12. The van der Waals surface area contributed by atoms with Gasteiger partial charge in [-0.3, -0.25) is 4.79 Å². The molecule has 0 aliphatic rings. The molecule has 0 unspecified atom stereocenters. The average molecular weight is 825 g/mol. The van der Waals surface area contributed by atoms with Gasteiger partial charge in [0.05, 0.1) is 28.7 Å². The molecule has 10 nitrogen and oxygen atoms in total. The second kappa shape index (κ2) is 25.2. The average Bonchev–Trinajstić information content (AvgIpc) is 3.25. The van der Waals surface area contributed by atoms with Gasteiger partial charge in [0.15, 0.2) is 0 Å². The first-order valence-corrected chi connectivity index (χ1v) is 19.5. The first-order valence-electron chi connectivity index (χ1n) is 19.5. The van der Waals surface area contributed by atoms with E-state index < -0.39 is 29.8 Å². The highest BCUT2D eigenvalue weighted by atomic mass is 16.6. The van der Waals surface area contributed by atoms with Crippen molar-refractivity contribution in [3.8, 4) is 17.2 Å². The predicted octanol–water partition coefficient (Wildman–Crippen LogP) is 10.9. The van der Waals surface area contributed by atoms with Crippen LogP contribution in [0, 0.1) is 27.7 Å². The number of hydrogen-bond donors (Lipinski definition) is 0. The Bertz CT molecular complexity index is 2240. The van der Waals surface area contributed by atoms with Gasteiger partial charge >= 0.3 is 29.8 Å². The molecular weight excluding hydrogens is 773 g/mol. The first kappa shape index (κ1) is 48.0. The zero-order valence-corrected chi connectivity index (χ0v) is 35.4. The van der Waals surface area contributed by atoms with Crippen LogP contribution < -0.4 is 14.2 Å². The van der Waals surface area contributed by atoms with Crippen molar-refractivity contribution in [2.24, 2.45) is 0 Å². The van der Waals surface area contributed by atoms with E-state index in [-0.39, 0.29) is 47.6 Å². The van der Waals surface area contributed by atoms with E-state index in [0.29, 0.717) is 11.5 Å². The molecule has 0 aromatic heterocycles. The fourth-order valence-corrected chi connectivity index (χ4v) is 5.56. The Morgan fingerprint density at radius 1 is 0.508 bits per heavy atom. The van der Waals surface area contributed by atoms with Crippen molar-refractivity contribution < 1.29 is 47.7 Å². The zero-order chi connectivity index (χ0) is 44.7. The minimum absolute atomic E-state index is 0.00392. The minimum Gasteiger partial charge on any atom is -0.458 e. The summed E-state index contributed by atoms with van der Waals surface area (Å²) in [5.74, 6) is -2.18. The molecule has 5 aromatic rings. The van der Waals surface area contributed by atoms with Crippen molar-refractivity contribution >= 4 is 29.8 Å². The van der Waals surface area contributed by atoms with E-state index in [9.17, 15) is 24.0 Å². The highest BCUT2D eigenvalue weighted by molar-refractivity contribution is 6.05. The van der Waals surface area contributed by atoms with Crippen molar-refractivity contribution in [1.82, 2.24) is 0 Å². The van der Waals surface area contributed by atoms with E-state index in [4.69, 9.17) is 23.7 Å². The lowest BCUT2D eigenvalue weighted by atomic mass is 10.1. The molecule has 0 aliphatic carbocycles. The van der Waals surface area contributed by atoms with Crippen LogP contribution in [-0.4, -0.2) is 43.1 Å². The summed E-state index contributed by atoms with van der Waals surface area (Å²) >= 11 is 0. The Morgan fingerprint density at radius 3 is 1.44 bits per heavy atom. The lowest BCUT2D eigenvalue weighted by Crippen LogP contribution is -2.18. The predicted molar refractivity (Wildman–Crippen MR) is 236 cm³/mol. The van der Waals surface area contributed by atoms with Crippen LogP contribution in [0.3, 0.4) is 0 Å². The summed E-state index contributed by atoms with van der Waals surface area (Å²) in [5, 5.41) is 0. The highest BCUT2D eigenvalue weighted by Crippen LogP contribution is 2.24. The Kier molecular flexibility index (Phi) is 19.9. The van der Waals surface area contributed by atoms with Gasteiger partial charge in [-0.15, -0.1) is 6.58 Å². The summed E-state index contributed by atoms with van der Waals surface area (Å²) in [7, 11) is 0. The molecule has 316 valence electrons.